The van der Waals surface area contributed by atoms with Gasteiger partial charge in [-0.1, -0.05) is 66.7 Å². The number of halogens is 2. The summed E-state index contributed by atoms with van der Waals surface area (Å²) in [6.07, 6.45) is 13.3. The molecule has 0 aliphatic carbocycles. The number of benzene rings is 4. The van der Waals surface area contributed by atoms with Crippen LogP contribution in [0.15, 0.2) is 79.1 Å². The van der Waals surface area contributed by atoms with E-state index in [9.17, 15) is 21.9 Å². The van der Waals surface area contributed by atoms with Gasteiger partial charge in [-0.2, -0.15) is 19.9 Å². The molecule has 0 spiro atoms. The summed E-state index contributed by atoms with van der Waals surface area (Å²) < 4.78 is 98.0. The highest BCUT2D eigenvalue weighted by atomic mass is 32.2. The summed E-state index contributed by atoms with van der Waals surface area (Å²) in [7, 11) is -7.52. The molecule has 4 atom stereocenters. The fourth-order valence-corrected chi connectivity index (χ4v) is 17.9. The molecule has 4 aromatic heterocycles. The fraction of sp³-hybridized carbons (Fsp3) is 0.469. The third kappa shape index (κ3) is 10.8. The van der Waals surface area contributed by atoms with Gasteiger partial charge in [-0.15, -0.1) is 0 Å². The predicted octanol–water partition coefficient (Wildman–Crippen LogP) is 8.85. The van der Waals surface area contributed by atoms with Gasteiger partial charge in [0.2, 0.25) is 20.0 Å². The maximum atomic E-state index is 18.0. The highest BCUT2D eigenvalue weighted by molar-refractivity contribution is 7.89. The number of aliphatic hydroxyl groups excluding tert-OH is 1. The monoisotopic (exact) mass is 1220 g/mol. The number of nitrogens with zero attached hydrogens (tertiary/aromatic N) is 10. The number of ether oxygens (including phenoxy) is 2. The van der Waals surface area contributed by atoms with Crippen molar-refractivity contribution >= 4 is 75.0 Å². The molecular formula is C64H72F2N12O7S2. The molecule has 4 unspecified atom stereocenters. The van der Waals surface area contributed by atoms with Crippen molar-refractivity contribution in [1.82, 2.24) is 39.7 Å². The highest BCUT2D eigenvalue weighted by Gasteiger charge is 2.51. The minimum atomic E-state index is -3.77. The summed E-state index contributed by atoms with van der Waals surface area (Å²) in [4.78, 5) is 38.1. The van der Waals surface area contributed by atoms with E-state index >= 15 is 8.78 Å². The maximum Gasteiger partial charge on any atom is 0.319 e. The van der Waals surface area contributed by atoms with Gasteiger partial charge in [0.25, 0.3) is 0 Å². The van der Waals surface area contributed by atoms with Gasteiger partial charge in [0.1, 0.15) is 47.3 Å². The number of anilines is 2. The molecule has 6 fully saturated rings. The number of hydrogen-bond donors (Lipinski definition) is 3. The first-order chi connectivity index (χ1) is 42.0. The maximum absolute atomic E-state index is 18.0. The van der Waals surface area contributed by atoms with Crippen LogP contribution in [-0.4, -0.2) is 143 Å². The van der Waals surface area contributed by atoms with Crippen molar-refractivity contribution in [2.45, 2.75) is 108 Å². The van der Waals surface area contributed by atoms with Gasteiger partial charge < -0.3 is 24.4 Å². The van der Waals surface area contributed by atoms with E-state index < -0.39 is 37.2 Å². The SMILES string of the molecule is Cc1cccc2cccc(-c3ncc4c(N5CCCC(CS(N)(=O)=O)C5)nc(OCC56CCCN5C(c5ccc(CO)c7c(-c8ncc9c(N%10CCCC(CS(N)(=O)=O)C%10)nc(OCC%10%11CCCN%10CCC%11)nc9c8F)cccc57)CC6)nc4c3F)c12. The standard InChI is InChI=1S/C64H72F2N12O7S2/c1-39-10-2-13-42-14-3-16-46(51(39)42)55-53(65)57-48(30-69-55)60(76-26-6-12-41(33-76)36-87(68,82)83)74-62(72-57)85-38-64-23-9-29-78(64)50(20-24-64)44-19-18-43(34-79)52-45(44)15-4-17-47(52)56-54(66)58-49(31-70-56)59(75-25-5-11-40(32-75)35-86(67,80)81)73-61(71-58)84-37-63-21-7-27-77(63)28-8-22-63/h2-4,10,13-19,30-31,40-41,50,79H,5-9,11-12,20-29,32-38H2,1H3,(H2,67,80,81)(H2,68,82,83). The van der Waals surface area contributed by atoms with Crippen molar-refractivity contribution in [3.63, 3.8) is 0 Å². The van der Waals surface area contributed by atoms with E-state index in [4.69, 9.17) is 49.7 Å². The molecule has 23 heteroatoms. The lowest BCUT2D eigenvalue weighted by Crippen LogP contribution is -2.44. The Morgan fingerprint density at radius 1 is 0.609 bits per heavy atom. The van der Waals surface area contributed by atoms with Crippen LogP contribution in [0.3, 0.4) is 0 Å². The van der Waals surface area contributed by atoms with E-state index in [1.807, 2.05) is 77.4 Å². The Morgan fingerprint density at radius 2 is 1.15 bits per heavy atom. The van der Waals surface area contributed by atoms with Crippen LogP contribution in [-0.2, 0) is 26.7 Å². The molecule has 14 rings (SSSR count). The predicted molar refractivity (Wildman–Crippen MR) is 331 cm³/mol. The van der Waals surface area contributed by atoms with Crippen LogP contribution >= 0.6 is 0 Å². The Balaban J connectivity index is 0.803. The first kappa shape index (κ1) is 57.9. The molecule has 4 aromatic carbocycles. The molecule has 0 bridgehead atoms. The van der Waals surface area contributed by atoms with Gasteiger partial charge in [-0.25, -0.2) is 35.9 Å². The van der Waals surface area contributed by atoms with Gasteiger partial charge >= 0.3 is 12.0 Å². The van der Waals surface area contributed by atoms with Crippen molar-refractivity contribution in [3.8, 4) is 34.5 Å². The first-order valence-electron chi connectivity index (χ1n) is 30.6. The van der Waals surface area contributed by atoms with Crippen LogP contribution in [0.5, 0.6) is 12.0 Å². The Kier molecular flexibility index (Phi) is 15.0. The summed E-state index contributed by atoms with van der Waals surface area (Å²) in [6.45, 7) is 6.79. The van der Waals surface area contributed by atoms with Gasteiger partial charge in [0.05, 0.1) is 40.0 Å². The van der Waals surface area contributed by atoms with Crippen LogP contribution in [0, 0.1) is 30.4 Å². The van der Waals surface area contributed by atoms with Crippen LogP contribution in [0.2, 0.25) is 0 Å². The second kappa shape index (κ2) is 22.6. The van der Waals surface area contributed by atoms with Crippen LogP contribution in [0.4, 0.5) is 20.4 Å². The number of aryl methyl sites for hydroxylation is 1. The molecule has 456 valence electrons. The number of aliphatic hydroxyl groups is 1. The minimum absolute atomic E-state index is 0.000405. The fourth-order valence-electron chi connectivity index (χ4n) is 16.0. The summed E-state index contributed by atoms with van der Waals surface area (Å²) in [5.74, 6) is -1.35. The Bertz CT molecular complexity index is 4260. The summed E-state index contributed by atoms with van der Waals surface area (Å²) in [5.41, 5.74) is 3.40. The second-order valence-electron chi connectivity index (χ2n) is 25.3. The lowest BCUT2D eigenvalue weighted by Gasteiger charge is -2.35. The molecular weight excluding hydrogens is 1150 g/mol. The Morgan fingerprint density at radius 3 is 1.74 bits per heavy atom. The molecule has 6 aliphatic heterocycles. The van der Waals surface area contributed by atoms with E-state index in [0.29, 0.717) is 103 Å². The zero-order valence-electron chi connectivity index (χ0n) is 48.8. The molecule has 19 nitrogen and oxygen atoms in total. The normalized spacial score (nSPS) is 22.7. The molecule has 6 saturated heterocycles. The molecule has 87 heavy (non-hydrogen) atoms. The average Bonchev–Trinajstić information content (AvgIpc) is 1.82. The van der Waals surface area contributed by atoms with Gasteiger partial charge in [-0.05, 0) is 154 Å². The number of fused-ring (bicyclic) bond motifs is 6. The number of aromatic nitrogens is 6. The van der Waals surface area contributed by atoms with E-state index in [-0.39, 0.29) is 82.6 Å². The molecule has 8 aromatic rings. The zero-order chi connectivity index (χ0) is 60.0. The number of nitrogens with two attached hydrogens (primary N) is 2. The van der Waals surface area contributed by atoms with Gasteiger partial charge in [0, 0.05) is 55.7 Å². The van der Waals surface area contributed by atoms with Crippen LogP contribution in [0.1, 0.15) is 99.8 Å². The van der Waals surface area contributed by atoms with E-state index in [2.05, 4.69) is 15.9 Å². The molecule has 10 heterocycles. The molecule has 5 N–H and O–H groups in total. The molecule has 0 radical (unpaired) electrons. The molecule has 6 aliphatic rings. The Labute approximate surface area is 504 Å². The number of rotatable bonds is 16. The number of pyridine rings is 2. The summed E-state index contributed by atoms with van der Waals surface area (Å²) in [6, 6.07) is 21.4. The first-order valence-corrected chi connectivity index (χ1v) is 34.0. The largest absolute Gasteiger partial charge is 0.461 e. The topological polar surface area (TPSA) is 249 Å². The number of hydrogen-bond acceptors (Lipinski definition) is 17. The van der Waals surface area contributed by atoms with Gasteiger partial charge in [-0.3, -0.25) is 19.8 Å². The quantitative estimate of drug-likeness (QED) is 0.0817. The molecule has 0 amide bonds. The lowest BCUT2D eigenvalue weighted by atomic mass is 9.90. The van der Waals surface area contributed by atoms with E-state index in [0.717, 1.165) is 98.3 Å². The Hall–Kier alpha value is -6.86. The van der Waals surface area contributed by atoms with E-state index in [1.165, 1.54) is 0 Å². The van der Waals surface area contributed by atoms with Crippen molar-refractivity contribution < 1.29 is 40.2 Å². The molecule has 0 saturated carbocycles. The zero-order valence-corrected chi connectivity index (χ0v) is 50.4. The smallest absolute Gasteiger partial charge is 0.319 e. The summed E-state index contributed by atoms with van der Waals surface area (Å²) in [5, 5.41) is 26.3. The highest BCUT2D eigenvalue weighted by Crippen LogP contribution is 2.51. The van der Waals surface area contributed by atoms with Crippen molar-refractivity contribution in [1.29, 1.82) is 0 Å². The third-order valence-corrected chi connectivity index (χ3v) is 21.7. The minimum Gasteiger partial charge on any atom is -0.461 e. The lowest BCUT2D eigenvalue weighted by molar-refractivity contribution is 0.0849. The van der Waals surface area contributed by atoms with Crippen LogP contribution in [0.25, 0.3) is 65.9 Å². The third-order valence-electron chi connectivity index (χ3n) is 19.8. The number of piperidine rings is 2. The second-order valence-corrected chi connectivity index (χ2v) is 28.7. The number of sulfonamides is 2. The van der Waals surface area contributed by atoms with Gasteiger partial charge in [0.15, 0.2) is 11.6 Å². The van der Waals surface area contributed by atoms with Crippen molar-refractivity contribution in [2.75, 3.05) is 80.3 Å². The average molecular weight is 1220 g/mol. The van der Waals surface area contributed by atoms with Crippen molar-refractivity contribution in [2.24, 2.45) is 22.1 Å². The van der Waals surface area contributed by atoms with Crippen molar-refractivity contribution in [3.05, 3.63) is 107 Å². The number of primary sulfonamides is 2. The summed E-state index contributed by atoms with van der Waals surface area (Å²) >= 11 is 0. The van der Waals surface area contributed by atoms with Crippen LogP contribution < -0.4 is 29.6 Å². The van der Waals surface area contributed by atoms with E-state index in [1.54, 1.807) is 12.4 Å².